The Hall–Kier alpha value is -0.860. The summed E-state index contributed by atoms with van der Waals surface area (Å²) in [6, 6.07) is 8.47. The van der Waals surface area contributed by atoms with Crippen molar-refractivity contribution < 1.29 is 4.74 Å². The van der Waals surface area contributed by atoms with Crippen LogP contribution in [-0.4, -0.2) is 19.7 Å². The first-order chi connectivity index (χ1) is 7.27. The Morgan fingerprint density at radius 3 is 2.87 bits per heavy atom. The van der Waals surface area contributed by atoms with Crippen LogP contribution in [0.4, 0.5) is 0 Å². The first kappa shape index (κ1) is 10.7. The van der Waals surface area contributed by atoms with Crippen molar-refractivity contribution in [2.45, 2.75) is 20.0 Å². The molecule has 1 saturated heterocycles. The van der Waals surface area contributed by atoms with E-state index in [0.29, 0.717) is 5.92 Å². The van der Waals surface area contributed by atoms with Crippen LogP contribution in [0.1, 0.15) is 24.2 Å². The SMILES string of the molecule is Cc1ccccc1C1CNCC(C)CO1. The Balaban J connectivity index is 2.13. The van der Waals surface area contributed by atoms with Crippen LogP contribution < -0.4 is 5.32 Å². The Kier molecular flexibility index (Phi) is 3.39. The van der Waals surface area contributed by atoms with Crippen molar-refractivity contribution in [2.75, 3.05) is 19.7 Å². The maximum atomic E-state index is 5.92. The third-order valence-corrected chi connectivity index (χ3v) is 2.94. The first-order valence-corrected chi connectivity index (χ1v) is 5.65. The average molecular weight is 205 g/mol. The second kappa shape index (κ2) is 4.77. The first-order valence-electron chi connectivity index (χ1n) is 5.65. The molecule has 2 heteroatoms. The van der Waals surface area contributed by atoms with Crippen molar-refractivity contribution in [3.8, 4) is 0 Å². The fourth-order valence-corrected chi connectivity index (χ4v) is 2.01. The van der Waals surface area contributed by atoms with Gasteiger partial charge in [-0.2, -0.15) is 0 Å². The molecule has 1 fully saturated rings. The highest BCUT2D eigenvalue weighted by Crippen LogP contribution is 2.22. The van der Waals surface area contributed by atoms with E-state index < -0.39 is 0 Å². The van der Waals surface area contributed by atoms with E-state index >= 15 is 0 Å². The summed E-state index contributed by atoms with van der Waals surface area (Å²) in [6.07, 6.45) is 0.219. The summed E-state index contributed by atoms with van der Waals surface area (Å²) >= 11 is 0. The molecular formula is C13H19NO. The third kappa shape index (κ3) is 2.58. The van der Waals surface area contributed by atoms with Gasteiger partial charge in [-0.1, -0.05) is 31.2 Å². The van der Waals surface area contributed by atoms with Crippen LogP contribution in [0, 0.1) is 12.8 Å². The fraction of sp³-hybridized carbons (Fsp3) is 0.538. The van der Waals surface area contributed by atoms with Gasteiger partial charge in [-0.3, -0.25) is 0 Å². The van der Waals surface area contributed by atoms with Crippen molar-refractivity contribution in [3.63, 3.8) is 0 Å². The van der Waals surface area contributed by atoms with Gasteiger partial charge in [0.2, 0.25) is 0 Å². The monoisotopic (exact) mass is 205 g/mol. The van der Waals surface area contributed by atoms with E-state index in [0.717, 1.165) is 19.7 Å². The Labute approximate surface area is 91.6 Å². The molecule has 0 saturated carbocycles. The lowest BCUT2D eigenvalue weighted by Crippen LogP contribution is -2.22. The predicted molar refractivity (Wildman–Crippen MR) is 61.9 cm³/mol. The summed E-state index contributed by atoms with van der Waals surface area (Å²) in [6.45, 7) is 7.20. The van der Waals surface area contributed by atoms with Gasteiger partial charge < -0.3 is 10.1 Å². The molecule has 82 valence electrons. The summed E-state index contributed by atoms with van der Waals surface area (Å²) in [5, 5.41) is 3.45. The van der Waals surface area contributed by atoms with Crippen molar-refractivity contribution in [1.82, 2.24) is 5.32 Å². The van der Waals surface area contributed by atoms with Crippen molar-refractivity contribution in [2.24, 2.45) is 5.92 Å². The molecule has 0 aromatic heterocycles. The largest absolute Gasteiger partial charge is 0.372 e. The average Bonchev–Trinajstić information content (AvgIpc) is 2.44. The van der Waals surface area contributed by atoms with E-state index in [1.54, 1.807) is 0 Å². The fourth-order valence-electron chi connectivity index (χ4n) is 2.01. The molecule has 1 aliphatic rings. The van der Waals surface area contributed by atoms with Gasteiger partial charge in [0.05, 0.1) is 12.7 Å². The van der Waals surface area contributed by atoms with E-state index in [2.05, 4.69) is 43.4 Å². The molecule has 1 aromatic rings. The maximum absolute atomic E-state index is 5.92. The topological polar surface area (TPSA) is 21.3 Å². The second-order valence-corrected chi connectivity index (χ2v) is 4.44. The number of rotatable bonds is 1. The van der Waals surface area contributed by atoms with Gasteiger partial charge in [-0.05, 0) is 24.0 Å². The zero-order valence-corrected chi connectivity index (χ0v) is 9.49. The van der Waals surface area contributed by atoms with E-state index in [1.165, 1.54) is 11.1 Å². The minimum atomic E-state index is 0.219. The summed E-state index contributed by atoms with van der Waals surface area (Å²) in [4.78, 5) is 0. The normalized spacial score (nSPS) is 27.3. The molecular weight excluding hydrogens is 186 g/mol. The highest BCUT2D eigenvalue weighted by molar-refractivity contribution is 5.28. The van der Waals surface area contributed by atoms with Crippen LogP contribution in [0.15, 0.2) is 24.3 Å². The molecule has 0 bridgehead atoms. The molecule has 1 N–H and O–H groups in total. The minimum absolute atomic E-state index is 0.219. The highest BCUT2D eigenvalue weighted by atomic mass is 16.5. The van der Waals surface area contributed by atoms with Gasteiger partial charge in [-0.15, -0.1) is 0 Å². The number of hydrogen-bond donors (Lipinski definition) is 1. The van der Waals surface area contributed by atoms with Crippen molar-refractivity contribution in [1.29, 1.82) is 0 Å². The second-order valence-electron chi connectivity index (χ2n) is 4.44. The minimum Gasteiger partial charge on any atom is -0.372 e. The zero-order valence-electron chi connectivity index (χ0n) is 9.49. The number of ether oxygens (including phenoxy) is 1. The summed E-state index contributed by atoms with van der Waals surface area (Å²) in [5.41, 5.74) is 2.64. The van der Waals surface area contributed by atoms with Crippen LogP contribution in [-0.2, 0) is 4.74 Å². The van der Waals surface area contributed by atoms with Gasteiger partial charge in [0.15, 0.2) is 0 Å². The third-order valence-electron chi connectivity index (χ3n) is 2.94. The van der Waals surface area contributed by atoms with Gasteiger partial charge >= 0.3 is 0 Å². The lowest BCUT2D eigenvalue weighted by atomic mass is 10.0. The van der Waals surface area contributed by atoms with Gasteiger partial charge in [0.1, 0.15) is 0 Å². The maximum Gasteiger partial charge on any atom is 0.0951 e. The molecule has 1 aliphatic heterocycles. The van der Waals surface area contributed by atoms with E-state index in [1.807, 2.05) is 0 Å². The highest BCUT2D eigenvalue weighted by Gasteiger charge is 2.18. The summed E-state index contributed by atoms with van der Waals surface area (Å²) in [7, 11) is 0. The summed E-state index contributed by atoms with van der Waals surface area (Å²) < 4.78 is 5.92. The Bertz CT molecular complexity index is 324. The van der Waals surface area contributed by atoms with Gasteiger partial charge in [0.25, 0.3) is 0 Å². The number of benzene rings is 1. The summed E-state index contributed by atoms with van der Waals surface area (Å²) in [5.74, 6) is 0.610. The molecule has 0 amide bonds. The molecule has 2 nitrogen and oxygen atoms in total. The predicted octanol–water partition coefficient (Wildman–Crippen LogP) is 2.29. The molecule has 2 unspecified atom stereocenters. The lowest BCUT2D eigenvalue weighted by molar-refractivity contribution is 0.0511. The van der Waals surface area contributed by atoms with Gasteiger partial charge in [-0.25, -0.2) is 0 Å². The van der Waals surface area contributed by atoms with Crippen LogP contribution in [0.3, 0.4) is 0 Å². The standard InChI is InChI=1S/C13H19NO/c1-10-7-14-8-13(15-9-10)12-6-4-3-5-11(12)2/h3-6,10,13-14H,7-9H2,1-2H3. The molecule has 15 heavy (non-hydrogen) atoms. The van der Waals surface area contributed by atoms with Crippen LogP contribution in [0.2, 0.25) is 0 Å². The molecule has 0 spiro atoms. The molecule has 2 atom stereocenters. The molecule has 0 radical (unpaired) electrons. The Morgan fingerprint density at radius 2 is 2.07 bits per heavy atom. The van der Waals surface area contributed by atoms with Crippen molar-refractivity contribution >= 4 is 0 Å². The van der Waals surface area contributed by atoms with Crippen LogP contribution >= 0.6 is 0 Å². The zero-order chi connectivity index (χ0) is 10.7. The van der Waals surface area contributed by atoms with Crippen LogP contribution in [0.5, 0.6) is 0 Å². The number of nitrogens with one attached hydrogen (secondary N) is 1. The molecule has 1 aromatic carbocycles. The smallest absolute Gasteiger partial charge is 0.0951 e. The van der Waals surface area contributed by atoms with Crippen molar-refractivity contribution in [3.05, 3.63) is 35.4 Å². The quantitative estimate of drug-likeness (QED) is 0.759. The van der Waals surface area contributed by atoms with Crippen LogP contribution in [0.25, 0.3) is 0 Å². The van der Waals surface area contributed by atoms with Gasteiger partial charge in [0, 0.05) is 13.1 Å². The molecule has 0 aliphatic carbocycles. The number of hydrogen-bond acceptors (Lipinski definition) is 2. The Morgan fingerprint density at radius 1 is 1.27 bits per heavy atom. The van der Waals surface area contributed by atoms with E-state index in [4.69, 9.17) is 4.74 Å². The number of aryl methyl sites for hydroxylation is 1. The van der Waals surface area contributed by atoms with E-state index in [9.17, 15) is 0 Å². The molecule has 2 rings (SSSR count). The lowest BCUT2D eigenvalue weighted by Gasteiger charge is -2.17. The molecule has 1 heterocycles. The van der Waals surface area contributed by atoms with E-state index in [-0.39, 0.29) is 6.10 Å².